The monoisotopic (exact) mass is 380 g/mol. The standard InChI is InChI=1S/C16H24N6O3S/c1-4-10-18-26(24,25)14-8-6-13(7-9-14)20-16(23)19-12(3)15-21-17-11-22(15)5-2/h6-9,11-12,18H,4-5,10H2,1-3H3,(H2,19,20,23)/t12-/m1/s1. The lowest BCUT2D eigenvalue weighted by molar-refractivity contribution is 0.248. The predicted octanol–water partition coefficient (Wildman–Crippen LogP) is 1.87. The number of sulfonamides is 1. The fourth-order valence-corrected chi connectivity index (χ4v) is 3.44. The summed E-state index contributed by atoms with van der Waals surface area (Å²) in [7, 11) is -3.52. The average Bonchev–Trinajstić information content (AvgIpc) is 3.09. The van der Waals surface area contributed by atoms with Crippen molar-refractivity contribution in [2.45, 2.75) is 44.7 Å². The molecule has 2 amide bonds. The van der Waals surface area contributed by atoms with Crippen molar-refractivity contribution in [2.75, 3.05) is 11.9 Å². The molecule has 2 rings (SSSR count). The largest absolute Gasteiger partial charge is 0.328 e. The molecule has 0 aliphatic carbocycles. The number of nitrogens with zero attached hydrogens (tertiary/aromatic N) is 3. The molecule has 3 N–H and O–H groups in total. The van der Waals surface area contributed by atoms with Crippen LogP contribution in [-0.4, -0.2) is 35.8 Å². The Labute approximate surface area is 153 Å². The van der Waals surface area contributed by atoms with Gasteiger partial charge in [0.1, 0.15) is 6.33 Å². The minimum absolute atomic E-state index is 0.154. The van der Waals surface area contributed by atoms with E-state index in [1.54, 1.807) is 18.5 Å². The molecule has 0 unspecified atom stereocenters. The molecule has 9 nitrogen and oxygen atoms in total. The first-order chi connectivity index (χ1) is 12.4. The molecule has 26 heavy (non-hydrogen) atoms. The second-order valence-electron chi connectivity index (χ2n) is 5.72. The first-order valence-corrected chi connectivity index (χ1v) is 9.90. The van der Waals surface area contributed by atoms with E-state index in [0.717, 1.165) is 0 Å². The molecule has 1 atom stereocenters. The molecule has 0 bridgehead atoms. The minimum Gasteiger partial charge on any atom is -0.328 e. The number of aryl methyl sites for hydroxylation is 1. The normalized spacial score (nSPS) is 12.6. The van der Waals surface area contributed by atoms with Gasteiger partial charge in [-0.25, -0.2) is 17.9 Å². The summed E-state index contributed by atoms with van der Waals surface area (Å²) >= 11 is 0. The number of rotatable bonds is 8. The topological polar surface area (TPSA) is 118 Å². The molecule has 142 valence electrons. The maximum absolute atomic E-state index is 12.1. The first kappa shape index (κ1) is 19.9. The fraction of sp³-hybridized carbons (Fsp3) is 0.438. The zero-order chi connectivity index (χ0) is 19.2. The van der Waals surface area contributed by atoms with E-state index < -0.39 is 16.1 Å². The fourth-order valence-electron chi connectivity index (χ4n) is 2.31. The molecule has 1 aromatic heterocycles. The van der Waals surface area contributed by atoms with E-state index in [2.05, 4.69) is 25.6 Å². The molecule has 1 aromatic carbocycles. The van der Waals surface area contributed by atoms with Gasteiger partial charge in [0.05, 0.1) is 10.9 Å². The average molecular weight is 380 g/mol. The van der Waals surface area contributed by atoms with Crippen LogP contribution in [-0.2, 0) is 16.6 Å². The molecule has 0 aliphatic heterocycles. The van der Waals surface area contributed by atoms with Crippen molar-refractivity contribution < 1.29 is 13.2 Å². The highest BCUT2D eigenvalue weighted by molar-refractivity contribution is 7.89. The molecule has 1 heterocycles. The van der Waals surface area contributed by atoms with Gasteiger partial charge in [-0.1, -0.05) is 6.92 Å². The molecule has 0 fully saturated rings. The summed E-state index contributed by atoms with van der Waals surface area (Å²) in [4.78, 5) is 12.3. The van der Waals surface area contributed by atoms with Crippen molar-refractivity contribution in [3.8, 4) is 0 Å². The van der Waals surface area contributed by atoms with Gasteiger partial charge in [0.15, 0.2) is 5.82 Å². The number of hydrogen-bond donors (Lipinski definition) is 3. The van der Waals surface area contributed by atoms with Gasteiger partial charge in [-0.15, -0.1) is 10.2 Å². The van der Waals surface area contributed by atoms with Gasteiger partial charge < -0.3 is 15.2 Å². The van der Waals surface area contributed by atoms with Crippen LogP contribution in [0.5, 0.6) is 0 Å². The second-order valence-corrected chi connectivity index (χ2v) is 7.48. The van der Waals surface area contributed by atoms with E-state index in [0.29, 0.717) is 31.0 Å². The maximum Gasteiger partial charge on any atom is 0.319 e. The van der Waals surface area contributed by atoms with Crippen LogP contribution in [0.25, 0.3) is 0 Å². The molecule has 10 heteroatoms. The molecule has 2 aromatic rings. The Balaban J connectivity index is 1.97. The Morgan fingerprint density at radius 1 is 1.23 bits per heavy atom. The molecular formula is C16H24N6O3S. The lowest BCUT2D eigenvalue weighted by Gasteiger charge is -2.15. The van der Waals surface area contributed by atoms with Crippen LogP contribution in [0.3, 0.4) is 0 Å². The number of carbonyl (C=O) groups excluding carboxylic acids is 1. The van der Waals surface area contributed by atoms with E-state index in [1.165, 1.54) is 12.1 Å². The van der Waals surface area contributed by atoms with Gasteiger partial charge in [-0.2, -0.15) is 0 Å². The molecule has 0 saturated carbocycles. The van der Waals surface area contributed by atoms with Crippen molar-refractivity contribution in [1.82, 2.24) is 24.8 Å². The van der Waals surface area contributed by atoms with E-state index >= 15 is 0 Å². The zero-order valence-electron chi connectivity index (χ0n) is 15.1. The van der Waals surface area contributed by atoms with Gasteiger partial charge in [-0.05, 0) is 44.5 Å². The summed E-state index contributed by atoms with van der Waals surface area (Å²) in [5.74, 6) is 0.658. The number of nitrogens with one attached hydrogen (secondary N) is 3. The van der Waals surface area contributed by atoms with Crippen LogP contribution < -0.4 is 15.4 Å². The van der Waals surface area contributed by atoms with Gasteiger partial charge in [0, 0.05) is 18.8 Å². The van der Waals surface area contributed by atoms with E-state index in [-0.39, 0.29) is 10.9 Å². The zero-order valence-corrected chi connectivity index (χ0v) is 15.9. The summed E-state index contributed by atoms with van der Waals surface area (Å²) in [5.41, 5.74) is 0.487. The Kier molecular flexibility index (Phi) is 6.70. The van der Waals surface area contributed by atoms with Gasteiger partial charge >= 0.3 is 6.03 Å². The summed E-state index contributed by atoms with van der Waals surface area (Å²) in [6.07, 6.45) is 2.32. The summed E-state index contributed by atoms with van der Waals surface area (Å²) in [5, 5.41) is 13.3. The lowest BCUT2D eigenvalue weighted by atomic mass is 10.3. The van der Waals surface area contributed by atoms with E-state index in [1.807, 2.05) is 25.3 Å². The number of aromatic nitrogens is 3. The molecule has 0 aliphatic rings. The number of anilines is 1. The molecular weight excluding hydrogens is 356 g/mol. The highest BCUT2D eigenvalue weighted by Gasteiger charge is 2.16. The maximum atomic E-state index is 12.1. The predicted molar refractivity (Wildman–Crippen MR) is 98.2 cm³/mol. The smallest absolute Gasteiger partial charge is 0.319 e. The van der Waals surface area contributed by atoms with E-state index in [4.69, 9.17) is 0 Å². The van der Waals surface area contributed by atoms with Crippen molar-refractivity contribution in [3.63, 3.8) is 0 Å². The van der Waals surface area contributed by atoms with Gasteiger partial charge in [0.2, 0.25) is 10.0 Å². The third-order valence-corrected chi connectivity index (χ3v) is 5.16. The Morgan fingerprint density at radius 2 is 1.92 bits per heavy atom. The van der Waals surface area contributed by atoms with Crippen LogP contribution in [0, 0.1) is 0 Å². The van der Waals surface area contributed by atoms with E-state index in [9.17, 15) is 13.2 Å². The lowest BCUT2D eigenvalue weighted by Crippen LogP contribution is -2.32. The molecule has 0 radical (unpaired) electrons. The summed E-state index contributed by atoms with van der Waals surface area (Å²) in [6, 6.07) is 5.24. The third kappa shape index (κ3) is 5.02. The first-order valence-electron chi connectivity index (χ1n) is 8.42. The van der Waals surface area contributed by atoms with Crippen LogP contribution in [0.15, 0.2) is 35.5 Å². The number of urea groups is 1. The van der Waals surface area contributed by atoms with Gasteiger partial charge in [-0.3, -0.25) is 0 Å². The van der Waals surface area contributed by atoms with Crippen LogP contribution in [0.2, 0.25) is 0 Å². The summed E-state index contributed by atoms with van der Waals surface area (Å²) in [6.45, 7) is 6.75. The van der Waals surface area contributed by atoms with Crippen molar-refractivity contribution in [3.05, 3.63) is 36.4 Å². The van der Waals surface area contributed by atoms with Crippen LogP contribution >= 0.6 is 0 Å². The number of amides is 2. The van der Waals surface area contributed by atoms with Crippen LogP contribution in [0.1, 0.15) is 39.1 Å². The second kappa shape index (κ2) is 8.77. The number of hydrogen-bond acceptors (Lipinski definition) is 5. The SMILES string of the molecule is CCCNS(=O)(=O)c1ccc(NC(=O)N[C@H](C)c2nncn2CC)cc1. The minimum atomic E-state index is -3.52. The third-order valence-electron chi connectivity index (χ3n) is 3.69. The van der Waals surface area contributed by atoms with Crippen LogP contribution in [0.4, 0.5) is 10.5 Å². The highest BCUT2D eigenvalue weighted by atomic mass is 32.2. The number of carbonyl (C=O) groups is 1. The summed E-state index contributed by atoms with van der Waals surface area (Å²) < 4.78 is 28.4. The Morgan fingerprint density at radius 3 is 2.54 bits per heavy atom. The Bertz CT molecular complexity index is 832. The highest BCUT2D eigenvalue weighted by Crippen LogP contribution is 2.15. The van der Waals surface area contributed by atoms with Crippen molar-refractivity contribution in [1.29, 1.82) is 0 Å². The van der Waals surface area contributed by atoms with Crippen molar-refractivity contribution in [2.24, 2.45) is 0 Å². The van der Waals surface area contributed by atoms with Gasteiger partial charge in [0.25, 0.3) is 0 Å². The quantitative estimate of drug-likeness (QED) is 0.646. The number of benzene rings is 1. The molecule has 0 saturated heterocycles. The molecule has 0 spiro atoms. The Hall–Kier alpha value is -2.46. The van der Waals surface area contributed by atoms with Crippen molar-refractivity contribution >= 4 is 21.7 Å².